The molecule has 7 rings (SSSR count). The number of hydrogen-bond donors (Lipinski definition) is 1. The van der Waals surface area contributed by atoms with Crippen LogP contribution >= 0.6 is 7.37 Å². The number of aromatic nitrogens is 1. The van der Waals surface area contributed by atoms with Crippen molar-refractivity contribution in [3.05, 3.63) is 54.6 Å². The number of ketones is 1. The smallest absolute Gasteiger partial charge is 0.306 e. The molecule has 1 unspecified atom stereocenters. The minimum atomic E-state index is -3.65. The molecular formula is C44H57N2O8P. The van der Waals surface area contributed by atoms with Crippen LogP contribution in [0.25, 0.3) is 22.2 Å². The summed E-state index contributed by atoms with van der Waals surface area (Å²) >= 11 is 0. The molecule has 11 heteroatoms. The maximum Gasteiger partial charge on any atom is 0.306 e. The van der Waals surface area contributed by atoms with Gasteiger partial charge in [0.2, 0.25) is 13.3 Å². The summed E-state index contributed by atoms with van der Waals surface area (Å²) in [5, 5.41) is -0.167. The van der Waals surface area contributed by atoms with Crippen LogP contribution in [0.5, 0.6) is 11.5 Å². The summed E-state index contributed by atoms with van der Waals surface area (Å²) in [6.07, 6.45) is 10.7. The summed E-state index contributed by atoms with van der Waals surface area (Å²) < 4.78 is 32.2. The van der Waals surface area contributed by atoms with Crippen molar-refractivity contribution in [3.63, 3.8) is 0 Å². The molecule has 0 spiro atoms. The highest BCUT2D eigenvalue weighted by Crippen LogP contribution is 2.73. The molecule has 3 heterocycles. The zero-order valence-corrected chi connectivity index (χ0v) is 33.4. The van der Waals surface area contributed by atoms with Gasteiger partial charge in [-0.2, -0.15) is 0 Å². The molecule has 3 aromatic rings. The fraction of sp³-hybridized carbons (Fsp3) is 0.591. The third kappa shape index (κ3) is 8.81. The zero-order chi connectivity index (χ0) is 38.6. The summed E-state index contributed by atoms with van der Waals surface area (Å²) in [7, 11) is -2.04. The van der Waals surface area contributed by atoms with E-state index < -0.39 is 30.6 Å². The first kappa shape index (κ1) is 39.5. The van der Waals surface area contributed by atoms with Gasteiger partial charge in [0.05, 0.1) is 42.5 Å². The van der Waals surface area contributed by atoms with Crippen molar-refractivity contribution in [3.8, 4) is 22.8 Å². The molecule has 2 saturated carbocycles. The number of esters is 1. The molecule has 1 aromatic heterocycles. The highest BCUT2D eigenvalue weighted by Gasteiger charge is 2.65. The second-order valence-electron chi connectivity index (χ2n) is 16.5. The maximum atomic E-state index is 14.8. The van der Waals surface area contributed by atoms with Gasteiger partial charge in [-0.25, -0.2) is 4.98 Å². The third-order valence-electron chi connectivity index (χ3n) is 12.6. The minimum absolute atomic E-state index is 0.0239. The van der Waals surface area contributed by atoms with E-state index in [1.807, 2.05) is 61.5 Å². The van der Waals surface area contributed by atoms with Crippen LogP contribution in [0.3, 0.4) is 0 Å². The van der Waals surface area contributed by atoms with E-state index in [0.29, 0.717) is 42.0 Å². The van der Waals surface area contributed by atoms with Crippen molar-refractivity contribution >= 4 is 35.9 Å². The van der Waals surface area contributed by atoms with E-state index in [1.54, 1.807) is 12.0 Å². The van der Waals surface area contributed by atoms with Crippen molar-refractivity contribution in [2.24, 2.45) is 11.8 Å². The molecule has 2 aromatic carbocycles. The lowest BCUT2D eigenvalue weighted by Gasteiger charge is -2.30. The first-order chi connectivity index (χ1) is 26.6. The van der Waals surface area contributed by atoms with Gasteiger partial charge < -0.3 is 24.0 Å². The van der Waals surface area contributed by atoms with Crippen LogP contribution in [-0.2, 0) is 23.7 Å². The van der Waals surface area contributed by atoms with Crippen LogP contribution < -0.4 is 9.47 Å². The van der Waals surface area contributed by atoms with E-state index in [0.717, 1.165) is 75.2 Å². The number of nitrogens with zero attached hydrogens (tertiary/aromatic N) is 2. The summed E-state index contributed by atoms with van der Waals surface area (Å²) in [5.41, 5.74) is 2.32. The number of carbonyl (C=O) groups excluding carboxylic acids is 3. The largest absolute Gasteiger partial charge is 0.497 e. The van der Waals surface area contributed by atoms with Crippen LogP contribution in [0.1, 0.15) is 110 Å². The fourth-order valence-corrected chi connectivity index (χ4v) is 12.2. The Bertz CT molecular complexity index is 1900. The molecule has 0 radical (unpaired) electrons. The molecule has 4 fully saturated rings. The number of hydrogen-bond acceptors (Lipinski definition) is 8. The minimum Gasteiger partial charge on any atom is -0.497 e. The Hall–Kier alpha value is -3.75. The van der Waals surface area contributed by atoms with Crippen molar-refractivity contribution < 1.29 is 38.1 Å². The number of benzene rings is 2. The van der Waals surface area contributed by atoms with Gasteiger partial charge in [0, 0.05) is 48.0 Å². The number of carbonyl (C=O) groups is 3. The summed E-state index contributed by atoms with van der Waals surface area (Å²) in [6.45, 7) is 2.07. The van der Waals surface area contributed by atoms with E-state index in [2.05, 4.69) is 0 Å². The fourth-order valence-electron chi connectivity index (χ4n) is 9.52. The van der Waals surface area contributed by atoms with Crippen molar-refractivity contribution in [1.82, 2.24) is 9.88 Å². The van der Waals surface area contributed by atoms with Crippen molar-refractivity contribution in [2.75, 3.05) is 19.8 Å². The third-order valence-corrected chi connectivity index (χ3v) is 15.8. The first-order valence-electron chi connectivity index (χ1n) is 20.7. The Labute approximate surface area is 325 Å². The predicted octanol–water partition coefficient (Wildman–Crippen LogP) is 8.89. The Morgan fingerprint density at radius 3 is 2.42 bits per heavy atom. The lowest BCUT2D eigenvalue weighted by atomic mass is 9.94. The molecule has 6 atom stereocenters. The van der Waals surface area contributed by atoms with Gasteiger partial charge in [-0.05, 0) is 69.4 Å². The van der Waals surface area contributed by atoms with E-state index in [9.17, 15) is 23.8 Å². The maximum absolute atomic E-state index is 14.8. The molecule has 2 saturated heterocycles. The molecule has 0 bridgehead atoms. The summed E-state index contributed by atoms with van der Waals surface area (Å²) in [6, 6.07) is 16.5. The predicted molar refractivity (Wildman–Crippen MR) is 212 cm³/mol. The molecule has 2 aliphatic carbocycles. The molecule has 1 N–H and O–H groups in total. The monoisotopic (exact) mass is 772 g/mol. The second kappa shape index (κ2) is 17.2. The second-order valence-corrected chi connectivity index (χ2v) is 19.2. The summed E-state index contributed by atoms with van der Waals surface area (Å²) in [5.74, 6) is -0.144. The van der Waals surface area contributed by atoms with Crippen molar-refractivity contribution in [1.29, 1.82) is 0 Å². The average molecular weight is 773 g/mol. The molecule has 1 amide bonds. The van der Waals surface area contributed by atoms with Crippen LogP contribution in [-0.4, -0.2) is 75.7 Å². The Balaban J connectivity index is 1.21. The van der Waals surface area contributed by atoms with E-state index in [-0.39, 0.29) is 61.7 Å². The Morgan fingerprint density at radius 2 is 1.67 bits per heavy atom. The molecule has 296 valence electrons. The normalized spacial score (nSPS) is 27.7. The number of Topliss-reactive ketones (excluding diaryl/α,β-unsaturated/α-hetero) is 1. The van der Waals surface area contributed by atoms with Crippen LogP contribution in [0, 0.1) is 11.8 Å². The number of rotatable bonds is 10. The van der Waals surface area contributed by atoms with Gasteiger partial charge >= 0.3 is 5.97 Å². The highest BCUT2D eigenvalue weighted by atomic mass is 31.2. The Morgan fingerprint density at radius 1 is 0.945 bits per heavy atom. The number of amides is 1. The van der Waals surface area contributed by atoms with Gasteiger partial charge in [0.15, 0.2) is 5.78 Å². The highest BCUT2D eigenvalue weighted by molar-refractivity contribution is 7.60. The number of fused-ring (bicyclic) bond motifs is 3. The van der Waals surface area contributed by atoms with Crippen LogP contribution in [0.15, 0.2) is 54.6 Å². The molecular weight excluding hydrogens is 715 g/mol. The lowest BCUT2D eigenvalue weighted by molar-refractivity contribution is -0.154. The number of pyridine rings is 1. The SMILES string of the molecule is CCCP(=O)(O)[C@]12CC(=O)[C@@H]3C[C@@H](Oc4cc(-c5ccccc5)nc5cc(OC)ccc45)CN3C(=O)[C@@H](CC(=O)OC3CCCC3)CCCCCCC[C@H]1C2. The van der Waals surface area contributed by atoms with E-state index >= 15 is 0 Å². The van der Waals surface area contributed by atoms with Gasteiger partial charge in [-0.3, -0.25) is 18.9 Å². The van der Waals surface area contributed by atoms with E-state index in [4.69, 9.17) is 19.2 Å². The van der Waals surface area contributed by atoms with Gasteiger partial charge in [0.1, 0.15) is 23.7 Å². The molecule has 2 aliphatic heterocycles. The molecule has 4 aliphatic rings. The molecule has 55 heavy (non-hydrogen) atoms. The number of ether oxygens (including phenoxy) is 3. The lowest BCUT2D eigenvalue weighted by Crippen LogP contribution is -2.45. The molecule has 10 nitrogen and oxygen atoms in total. The Kier molecular flexibility index (Phi) is 12.3. The van der Waals surface area contributed by atoms with Crippen LogP contribution in [0.4, 0.5) is 0 Å². The quantitative estimate of drug-likeness (QED) is 0.159. The van der Waals surface area contributed by atoms with Gasteiger partial charge in [0.25, 0.3) is 0 Å². The van der Waals surface area contributed by atoms with Crippen molar-refractivity contribution in [2.45, 2.75) is 133 Å². The summed E-state index contributed by atoms with van der Waals surface area (Å²) in [4.78, 5) is 60.8. The first-order valence-corrected chi connectivity index (χ1v) is 22.5. The zero-order valence-electron chi connectivity index (χ0n) is 32.5. The van der Waals surface area contributed by atoms with E-state index in [1.165, 1.54) is 0 Å². The topological polar surface area (TPSA) is 132 Å². The standard InChI is InChI=1S/C44H57N2O8P/c1-3-22-55(50,51)44-27-32(44)17-11-6-4-5-8-16-31(23-42(48)54-33-18-12-13-19-33)43(49)46-29-35(25-39(46)40(47)28-44)53-41-26-37(30-14-9-7-10-15-30)45-38-24-34(52-2)20-21-36(38)41/h7,9-10,14-15,20-21,24,26,31-33,35,39H,3-6,8,11-13,16-19,22-23,25,27-29H2,1-2H3,(H,50,51)/t31-,32+,35-,39+,44-/m1/s1. The van der Waals surface area contributed by atoms with Gasteiger partial charge in [-0.1, -0.05) is 69.4 Å². The van der Waals surface area contributed by atoms with Gasteiger partial charge in [-0.15, -0.1) is 0 Å². The van der Waals surface area contributed by atoms with Crippen LogP contribution in [0.2, 0.25) is 0 Å². The average Bonchev–Trinajstić information content (AvgIpc) is 3.45. The number of methoxy groups -OCH3 is 1.